The molecule has 15 heteroatoms. The molecule has 4 bridgehead atoms. The number of anilines is 1. The van der Waals surface area contributed by atoms with Gasteiger partial charge in [0.2, 0.25) is 17.5 Å². The van der Waals surface area contributed by atoms with E-state index < -0.39 is 17.7 Å². The fraction of sp³-hybridized carbons (Fsp3) is 0.724. The Hall–Kier alpha value is -3.24. The summed E-state index contributed by atoms with van der Waals surface area (Å²) in [6, 6.07) is 2.87. The second-order valence-electron chi connectivity index (χ2n) is 12.7. The van der Waals surface area contributed by atoms with Crippen molar-refractivity contribution in [3.05, 3.63) is 17.0 Å². The van der Waals surface area contributed by atoms with Crippen molar-refractivity contribution in [1.29, 1.82) is 0 Å². The molecule has 238 valence electrons. The molecular formula is C29H38N6O9. The van der Waals surface area contributed by atoms with Gasteiger partial charge in [0.15, 0.2) is 11.0 Å². The molecule has 2 amide bonds. The number of nitrogens with one attached hydrogen (secondary N) is 2. The van der Waals surface area contributed by atoms with Crippen molar-refractivity contribution in [1.82, 2.24) is 20.5 Å². The molecule has 2 saturated heterocycles. The van der Waals surface area contributed by atoms with Gasteiger partial charge in [0.25, 0.3) is 0 Å². The van der Waals surface area contributed by atoms with E-state index >= 15 is 0 Å². The van der Waals surface area contributed by atoms with Crippen LogP contribution >= 0.6 is 0 Å². The fourth-order valence-corrected chi connectivity index (χ4v) is 7.96. The number of hydrogen-bond acceptors (Lipinski definition) is 13. The molecule has 2 aliphatic heterocycles. The highest BCUT2D eigenvalue weighted by Crippen LogP contribution is 2.63. The molecule has 6 aliphatic rings. The Morgan fingerprint density at radius 2 is 1.75 bits per heavy atom. The van der Waals surface area contributed by atoms with Gasteiger partial charge in [0.05, 0.1) is 25.5 Å². The van der Waals surface area contributed by atoms with Crippen LogP contribution in [0.4, 0.5) is 16.2 Å². The third-order valence-electron chi connectivity index (χ3n) is 9.98. The molecule has 2 N–H and O–H groups in total. The van der Waals surface area contributed by atoms with Crippen LogP contribution in [0.3, 0.4) is 0 Å². The van der Waals surface area contributed by atoms with Crippen LogP contribution in [0.5, 0.6) is 0 Å². The number of carbonyl (C=O) groups is 2. The summed E-state index contributed by atoms with van der Waals surface area (Å²) in [4.78, 5) is 51.1. The fourth-order valence-electron chi connectivity index (χ4n) is 7.96. The molecule has 4 saturated carbocycles. The van der Waals surface area contributed by atoms with Crippen molar-refractivity contribution in [3.63, 3.8) is 0 Å². The van der Waals surface area contributed by atoms with Gasteiger partial charge < -0.3 is 19.5 Å². The van der Waals surface area contributed by atoms with Gasteiger partial charge in [-0.1, -0.05) is 0 Å². The minimum Gasteiger partial charge on any atom is -0.449 e. The summed E-state index contributed by atoms with van der Waals surface area (Å²) in [6.45, 7) is 4.39. The van der Waals surface area contributed by atoms with Crippen LogP contribution in [0, 0.1) is 28.6 Å². The largest absolute Gasteiger partial charge is 0.449 e. The summed E-state index contributed by atoms with van der Waals surface area (Å²) in [5.41, 5.74) is 0.605. The Bertz CT molecular complexity index is 1350. The normalized spacial score (nSPS) is 32.7. The van der Waals surface area contributed by atoms with Crippen molar-refractivity contribution >= 4 is 34.4 Å². The van der Waals surface area contributed by atoms with Gasteiger partial charge in [-0.3, -0.25) is 15.0 Å². The molecular weight excluding hydrogens is 576 g/mol. The molecule has 3 heterocycles. The Labute approximate surface area is 253 Å². The minimum absolute atomic E-state index is 0.0430. The highest BCUT2D eigenvalue weighted by molar-refractivity contribution is 6.00. The average molecular weight is 615 g/mol. The van der Waals surface area contributed by atoms with Gasteiger partial charge >= 0.3 is 6.09 Å². The molecule has 4 aliphatic carbocycles. The standard InChI is InChI=1S/C29H38N6O9/c36-24(30-6-7-35-8-11-39-12-9-35)3-4-28(41-29(43-42-28)20-14-18-13-19(16-20)17-21(29)15-18)5-10-40-27(37)31-22-1-2-23(32-38)26-25(22)33-44-34-26/h1-2,18-21H,3-17H2,(H,30,36)(H,31,37). The predicted molar refractivity (Wildman–Crippen MR) is 152 cm³/mol. The summed E-state index contributed by atoms with van der Waals surface area (Å²) < 4.78 is 22.4. The maximum absolute atomic E-state index is 12.9. The number of amides is 2. The van der Waals surface area contributed by atoms with Gasteiger partial charge in [0.1, 0.15) is 5.69 Å². The van der Waals surface area contributed by atoms with Crippen LogP contribution < -0.4 is 10.6 Å². The summed E-state index contributed by atoms with van der Waals surface area (Å²) >= 11 is 0. The molecule has 0 radical (unpaired) electrons. The first-order valence-electron chi connectivity index (χ1n) is 15.6. The first-order chi connectivity index (χ1) is 21.5. The topological polar surface area (TPSA) is 176 Å². The van der Waals surface area contributed by atoms with Crippen LogP contribution in [0.1, 0.15) is 51.4 Å². The number of carbonyl (C=O) groups excluding carboxylic acids is 2. The van der Waals surface area contributed by atoms with Crippen LogP contribution in [0.2, 0.25) is 0 Å². The third kappa shape index (κ3) is 5.78. The molecule has 15 nitrogen and oxygen atoms in total. The predicted octanol–water partition coefficient (Wildman–Crippen LogP) is 3.62. The zero-order chi connectivity index (χ0) is 30.1. The lowest BCUT2D eigenvalue weighted by molar-refractivity contribution is -0.389. The van der Waals surface area contributed by atoms with E-state index in [1.165, 1.54) is 18.6 Å². The summed E-state index contributed by atoms with van der Waals surface area (Å²) in [5.74, 6) is -0.271. The Morgan fingerprint density at radius 1 is 1.00 bits per heavy atom. The first kappa shape index (κ1) is 29.5. The second kappa shape index (κ2) is 12.3. The zero-order valence-electron chi connectivity index (χ0n) is 24.5. The van der Waals surface area contributed by atoms with E-state index in [0.717, 1.165) is 45.3 Å². The van der Waals surface area contributed by atoms with Gasteiger partial charge in [-0.2, -0.15) is 9.78 Å². The number of nitroso groups, excluding NO2 is 1. The maximum atomic E-state index is 12.9. The van der Waals surface area contributed by atoms with E-state index in [1.54, 1.807) is 0 Å². The van der Waals surface area contributed by atoms with E-state index in [0.29, 0.717) is 31.6 Å². The molecule has 1 spiro atoms. The number of benzene rings is 1. The highest BCUT2D eigenvalue weighted by atomic mass is 17.3. The quantitative estimate of drug-likeness (QED) is 0.278. The van der Waals surface area contributed by atoms with E-state index in [1.807, 2.05) is 0 Å². The van der Waals surface area contributed by atoms with Gasteiger partial charge in [-0.05, 0) is 71.6 Å². The monoisotopic (exact) mass is 614 g/mol. The average Bonchev–Trinajstić information content (AvgIpc) is 3.67. The molecule has 1 atom stereocenters. The molecule has 44 heavy (non-hydrogen) atoms. The van der Waals surface area contributed by atoms with E-state index in [9.17, 15) is 14.5 Å². The van der Waals surface area contributed by atoms with Crippen LogP contribution in [-0.4, -0.2) is 84.8 Å². The Morgan fingerprint density at radius 3 is 2.50 bits per heavy atom. The second-order valence-corrected chi connectivity index (χ2v) is 12.7. The van der Waals surface area contributed by atoms with Crippen molar-refractivity contribution < 1.29 is 38.2 Å². The number of aromatic nitrogens is 2. The van der Waals surface area contributed by atoms with Crippen LogP contribution in [-0.2, 0) is 28.8 Å². The first-order valence-corrected chi connectivity index (χ1v) is 15.6. The van der Waals surface area contributed by atoms with Crippen molar-refractivity contribution in [3.8, 4) is 0 Å². The van der Waals surface area contributed by atoms with Crippen molar-refractivity contribution in [2.24, 2.45) is 28.8 Å². The number of ether oxygens (including phenoxy) is 3. The van der Waals surface area contributed by atoms with Crippen molar-refractivity contribution in [2.45, 2.75) is 62.9 Å². The highest BCUT2D eigenvalue weighted by Gasteiger charge is 2.66. The van der Waals surface area contributed by atoms with Gasteiger partial charge in [0, 0.05) is 57.3 Å². The van der Waals surface area contributed by atoms with Gasteiger partial charge in [-0.25, -0.2) is 9.42 Å². The molecule has 1 aromatic heterocycles. The number of rotatable bonds is 11. The summed E-state index contributed by atoms with van der Waals surface area (Å²) in [5, 5.41) is 15.9. The van der Waals surface area contributed by atoms with Gasteiger partial charge in [-0.15, -0.1) is 4.91 Å². The lowest BCUT2D eigenvalue weighted by Gasteiger charge is -2.57. The van der Waals surface area contributed by atoms with Crippen LogP contribution in [0.25, 0.3) is 11.0 Å². The van der Waals surface area contributed by atoms with Crippen molar-refractivity contribution in [2.75, 3.05) is 51.3 Å². The molecule has 2 aromatic rings. The van der Waals surface area contributed by atoms with Crippen LogP contribution in [0.15, 0.2) is 21.9 Å². The van der Waals surface area contributed by atoms with E-state index in [2.05, 4.69) is 31.0 Å². The van der Waals surface area contributed by atoms with E-state index in [-0.39, 0.29) is 66.0 Å². The summed E-state index contributed by atoms with van der Waals surface area (Å²) in [7, 11) is 0. The molecule has 6 fully saturated rings. The SMILES string of the molecule is O=Nc1ccc(NC(=O)OCCC2(CCC(=O)NCCN3CCOCC3)OOC3(O2)C2CC4CC(C2)CC3C4)c2nonc12. The molecule has 1 unspecified atom stereocenters. The lowest BCUT2D eigenvalue weighted by atomic mass is 9.53. The number of morpholine rings is 1. The Balaban J connectivity index is 0.979. The minimum atomic E-state index is -1.24. The lowest BCUT2D eigenvalue weighted by Crippen LogP contribution is -2.59. The zero-order valence-corrected chi connectivity index (χ0v) is 24.5. The maximum Gasteiger partial charge on any atom is 0.411 e. The summed E-state index contributed by atoms with van der Waals surface area (Å²) in [6.07, 6.45) is 5.34. The third-order valence-corrected chi connectivity index (χ3v) is 9.98. The molecule has 1 aromatic carbocycles. The number of fused-ring (bicyclic) bond motifs is 1. The number of nitrogens with zero attached hydrogens (tertiary/aromatic N) is 4. The van der Waals surface area contributed by atoms with E-state index in [4.69, 9.17) is 28.6 Å². The number of hydrogen-bond donors (Lipinski definition) is 2. The Kier molecular flexibility index (Phi) is 8.22. The molecule has 8 rings (SSSR count). The smallest absolute Gasteiger partial charge is 0.411 e.